The van der Waals surface area contributed by atoms with E-state index < -0.39 is 29.7 Å². The average Bonchev–Trinajstić information content (AvgIpc) is 3.11. The lowest BCUT2D eigenvalue weighted by Gasteiger charge is -2.18. The van der Waals surface area contributed by atoms with Gasteiger partial charge in [-0.3, -0.25) is 19.2 Å². The van der Waals surface area contributed by atoms with Crippen LogP contribution in [-0.4, -0.2) is 57.5 Å². The highest BCUT2D eigenvalue weighted by Gasteiger charge is 2.30. The third kappa shape index (κ3) is 8.08. The number of nitrogens with one attached hydrogen (secondary N) is 3. The molecule has 3 aromatic carbocycles. The molecule has 3 amide bonds. The van der Waals surface area contributed by atoms with E-state index in [4.69, 9.17) is 14.7 Å². The molecule has 3 aromatic rings. The van der Waals surface area contributed by atoms with Gasteiger partial charge in [0.25, 0.3) is 5.91 Å². The smallest absolute Gasteiger partial charge is 0.305 e. The zero-order valence-corrected chi connectivity index (χ0v) is 23.9. The van der Waals surface area contributed by atoms with E-state index in [1.165, 1.54) is 19.2 Å². The van der Waals surface area contributed by atoms with Gasteiger partial charge in [-0.05, 0) is 48.4 Å². The quantitative estimate of drug-likeness (QED) is 0.286. The van der Waals surface area contributed by atoms with Crippen molar-refractivity contribution in [2.24, 2.45) is 0 Å². The van der Waals surface area contributed by atoms with Crippen LogP contribution >= 0.6 is 0 Å². The first-order valence-corrected chi connectivity index (χ1v) is 13.3. The molecular formula is C31H31N5O7. The van der Waals surface area contributed by atoms with E-state index in [1.54, 1.807) is 36.4 Å². The Labute approximate surface area is 248 Å². The minimum atomic E-state index is -0.978. The van der Waals surface area contributed by atoms with Gasteiger partial charge in [0.15, 0.2) is 5.75 Å². The second-order valence-electron chi connectivity index (χ2n) is 9.87. The molecule has 1 aliphatic rings. The lowest BCUT2D eigenvalue weighted by molar-refractivity contribution is -0.140. The molecule has 1 aliphatic heterocycles. The van der Waals surface area contributed by atoms with Gasteiger partial charge in [0.1, 0.15) is 18.4 Å². The first-order valence-electron chi connectivity index (χ1n) is 13.3. The molecule has 222 valence electrons. The monoisotopic (exact) mass is 585 g/mol. The molecule has 0 saturated carbocycles. The molecule has 0 unspecified atom stereocenters. The van der Waals surface area contributed by atoms with E-state index in [1.807, 2.05) is 37.2 Å². The first kappa shape index (κ1) is 30.5. The fraction of sp³-hybridized carbons (Fsp3) is 0.258. The second kappa shape index (κ2) is 14.0. The number of carbonyl (C=O) groups is 4. The summed E-state index contributed by atoms with van der Waals surface area (Å²) in [7, 11) is 5.01. The van der Waals surface area contributed by atoms with Gasteiger partial charge in [0, 0.05) is 32.3 Å². The normalized spacial score (nSPS) is 13.9. The molecule has 1 heterocycles. The number of hydrogen-bond acceptors (Lipinski definition) is 9. The highest BCUT2D eigenvalue weighted by molar-refractivity contribution is 6.11. The number of amides is 3. The molecule has 12 nitrogen and oxygen atoms in total. The van der Waals surface area contributed by atoms with Crippen molar-refractivity contribution in [3.63, 3.8) is 0 Å². The molecule has 0 aliphatic carbocycles. The second-order valence-corrected chi connectivity index (χ2v) is 9.87. The minimum absolute atomic E-state index is 0.0408. The van der Waals surface area contributed by atoms with Gasteiger partial charge in [0.05, 0.1) is 42.3 Å². The average molecular weight is 586 g/mol. The molecule has 3 N–H and O–H groups in total. The summed E-state index contributed by atoms with van der Waals surface area (Å²) in [6.07, 6.45) is -0.0232. The standard InChI is InChI=1S/C31H31N5O7/c1-36(2)21-5-4-6-22(13-21)43-27-14-23-25(35-31(40)24(34-30(23)39)11-12-29(38)41-3)15-26(27)33-28(37)18-42-17-20-9-7-19(16-32)8-10-20/h4-10,13-15,24H,11-12,17-18H2,1-3H3,(H,33,37)(H,34,39)(H,35,40)/t24-/m1/s1. The van der Waals surface area contributed by atoms with Crippen LogP contribution in [0.15, 0.2) is 60.7 Å². The SMILES string of the molecule is COC(=O)CC[C@H]1NC(=O)c2cc(Oc3cccc(N(C)C)c3)c(NC(=O)COCc3ccc(C#N)cc3)cc2NC1=O. The van der Waals surface area contributed by atoms with Gasteiger partial charge in [-0.15, -0.1) is 0 Å². The molecule has 0 fully saturated rings. The maximum atomic E-state index is 13.2. The van der Waals surface area contributed by atoms with Crippen molar-refractivity contribution in [3.8, 4) is 17.6 Å². The van der Waals surface area contributed by atoms with Crippen LogP contribution in [0, 0.1) is 11.3 Å². The molecule has 0 bridgehead atoms. The zero-order valence-electron chi connectivity index (χ0n) is 23.9. The number of methoxy groups -OCH3 is 1. The largest absolute Gasteiger partial charge is 0.469 e. The van der Waals surface area contributed by atoms with Crippen molar-refractivity contribution in [3.05, 3.63) is 77.4 Å². The summed E-state index contributed by atoms with van der Waals surface area (Å²) in [5, 5.41) is 17.0. The predicted molar refractivity (Wildman–Crippen MR) is 158 cm³/mol. The van der Waals surface area contributed by atoms with Gasteiger partial charge >= 0.3 is 5.97 Å². The highest BCUT2D eigenvalue weighted by atomic mass is 16.5. The molecule has 0 radical (unpaired) electrons. The number of nitrogens with zero attached hydrogens (tertiary/aromatic N) is 2. The van der Waals surface area contributed by atoms with E-state index in [2.05, 4.69) is 20.7 Å². The first-order chi connectivity index (χ1) is 20.7. The van der Waals surface area contributed by atoms with Gasteiger partial charge in [-0.1, -0.05) is 18.2 Å². The van der Waals surface area contributed by atoms with Gasteiger partial charge in [-0.25, -0.2) is 0 Å². The summed E-state index contributed by atoms with van der Waals surface area (Å²) in [6, 6.07) is 18.0. The molecule has 43 heavy (non-hydrogen) atoms. The van der Waals surface area contributed by atoms with Crippen molar-refractivity contribution in [1.29, 1.82) is 5.26 Å². The molecule has 4 rings (SSSR count). The van der Waals surface area contributed by atoms with E-state index in [-0.39, 0.29) is 48.7 Å². The molecule has 0 spiro atoms. The Morgan fingerprint density at radius 2 is 1.84 bits per heavy atom. The summed E-state index contributed by atoms with van der Waals surface area (Å²) in [5.41, 5.74) is 2.64. The Balaban J connectivity index is 1.57. The fourth-order valence-electron chi connectivity index (χ4n) is 4.22. The summed E-state index contributed by atoms with van der Waals surface area (Å²) < 4.78 is 16.3. The number of benzene rings is 3. The van der Waals surface area contributed by atoms with Crippen LogP contribution in [0.1, 0.15) is 34.3 Å². The Hall–Kier alpha value is -5.41. The van der Waals surface area contributed by atoms with Crippen molar-refractivity contribution >= 4 is 40.8 Å². The third-order valence-corrected chi connectivity index (χ3v) is 6.53. The number of rotatable bonds is 11. The Kier molecular flexibility index (Phi) is 9.93. The number of hydrogen-bond donors (Lipinski definition) is 3. The van der Waals surface area contributed by atoms with Crippen molar-refractivity contribution in [2.45, 2.75) is 25.5 Å². The van der Waals surface area contributed by atoms with Crippen LogP contribution < -0.4 is 25.6 Å². The molecular weight excluding hydrogens is 554 g/mol. The molecule has 12 heteroatoms. The summed E-state index contributed by atoms with van der Waals surface area (Å²) >= 11 is 0. The maximum absolute atomic E-state index is 13.2. The third-order valence-electron chi connectivity index (χ3n) is 6.53. The summed E-state index contributed by atoms with van der Waals surface area (Å²) in [5.74, 6) is -1.47. The molecule has 0 aromatic heterocycles. The van der Waals surface area contributed by atoms with Crippen molar-refractivity contribution in [1.82, 2.24) is 5.32 Å². The van der Waals surface area contributed by atoms with Crippen LogP contribution in [0.4, 0.5) is 17.1 Å². The summed E-state index contributed by atoms with van der Waals surface area (Å²) in [4.78, 5) is 52.5. The van der Waals surface area contributed by atoms with Crippen molar-refractivity contribution < 1.29 is 33.4 Å². The van der Waals surface area contributed by atoms with Crippen LogP contribution in [0.25, 0.3) is 0 Å². The van der Waals surface area contributed by atoms with Gasteiger partial charge in [-0.2, -0.15) is 5.26 Å². The Morgan fingerprint density at radius 1 is 1.07 bits per heavy atom. The number of carbonyl (C=O) groups excluding carboxylic acids is 4. The number of nitriles is 1. The van der Waals surface area contributed by atoms with Crippen molar-refractivity contribution in [2.75, 3.05) is 43.3 Å². The zero-order chi connectivity index (χ0) is 30.9. The fourth-order valence-corrected chi connectivity index (χ4v) is 4.22. The number of fused-ring (bicyclic) bond motifs is 1. The molecule has 0 saturated heterocycles. The number of anilines is 3. The van der Waals surface area contributed by atoms with Crippen LogP contribution in [0.2, 0.25) is 0 Å². The van der Waals surface area contributed by atoms with E-state index >= 15 is 0 Å². The van der Waals surface area contributed by atoms with E-state index in [9.17, 15) is 19.2 Å². The van der Waals surface area contributed by atoms with Crippen LogP contribution in [0.5, 0.6) is 11.5 Å². The highest BCUT2D eigenvalue weighted by Crippen LogP contribution is 2.37. The summed E-state index contributed by atoms with van der Waals surface area (Å²) in [6.45, 7) is -0.151. The lowest BCUT2D eigenvalue weighted by Crippen LogP contribution is -2.41. The van der Waals surface area contributed by atoms with E-state index in [0.29, 0.717) is 11.3 Å². The number of ether oxygens (including phenoxy) is 3. The Morgan fingerprint density at radius 3 is 2.53 bits per heavy atom. The number of esters is 1. The predicted octanol–water partition coefficient (Wildman–Crippen LogP) is 3.58. The maximum Gasteiger partial charge on any atom is 0.305 e. The lowest BCUT2D eigenvalue weighted by atomic mass is 10.1. The molecule has 1 atom stereocenters. The topological polar surface area (TPSA) is 159 Å². The van der Waals surface area contributed by atoms with Gasteiger partial charge < -0.3 is 35.1 Å². The van der Waals surface area contributed by atoms with Crippen LogP contribution in [-0.2, 0) is 30.5 Å². The minimum Gasteiger partial charge on any atom is -0.469 e. The Bertz CT molecular complexity index is 1560. The van der Waals surface area contributed by atoms with Crippen LogP contribution in [0.3, 0.4) is 0 Å². The van der Waals surface area contributed by atoms with E-state index in [0.717, 1.165) is 11.3 Å². The van der Waals surface area contributed by atoms with Gasteiger partial charge in [0.2, 0.25) is 11.8 Å².